The van der Waals surface area contributed by atoms with Crippen LogP contribution in [0.2, 0.25) is 0 Å². The zero-order chi connectivity index (χ0) is 14.4. The van der Waals surface area contributed by atoms with E-state index >= 15 is 0 Å². The summed E-state index contributed by atoms with van der Waals surface area (Å²) in [6.07, 6.45) is 2.62. The van der Waals surface area contributed by atoms with Gasteiger partial charge in [-0.3, -0.25) is 9.59 Å². The Hall–Kier alpha value is -2.89. The molecule has 2 N–H and O–H groups in total. The Balaban J connectivity index is 2.11. The minimum Gasteiger partial charge on any atom is -0.398 e. The summed E-state index contributed by atoms with van der Waals surface area (Å²) in [6, 6.07) is 10.3. The van der Waals surface area contributed by atoms with Gasteiger partial charge in [-0.1, -0.05) is 35.5 Å². The van der Waals surface area contributed by atoms with E-state index < -0.39 is 5.91 Å². The topological polar surface area (TPSA) is 83.5 Å². The molecule has 0 saturated carbocycles. The molecule has 2 aromatic rings. The van der Waals surface area contributed by atoms with Gasteiger partial charge in [-0.15, -0.1) is 0 Å². The van der Waals surface area contributed by atoms with Crippen molar-refractivity contribution in [1.82, 2.24) is 10.3 Å². The van der Waals surface area contributed by atoms with Gasteiger partial charge in [0.15, 0.2) is 5.78 Å². The number of carbonyl (C=O) groups is 2. The highest BCUT2D eigenvalue weighted by Crippen LogP contribution is 2.11. The summed E-state index contributed by atoms with van der Waals surface area (Å²) in [4.78, 5) is 31.0. The van der Waals surface area contributed by atoms with Gasteiger partial charge >= 0.3 is 0 Å². The summed E-state index contributed by atoms with van der Waals surface area (Å²) in [7, 11) is 1.37. The van der Waals surface area contributed by atoms with Gasteiger partial charge in [-0.2, -0.15) is 0 Å². The SMILES string of the molecule is CON=CNC(=O)c1cc(C(=O)c2ccccc2)c[nH]1. The minimum absolute atomic E-state index is 0.147. The fourth-order valence-electron chi connectivity index (χ4n) is 1.63. The van der Waals surface area contributed by atoms with Crippen LogP contribution in [0, 0.1) is 0 Å². The molecule has 0 aliphatic rings. The molecule has 102 valence electrons. The molecule has 0 aliphatic carbocycles. The predicted octanol–water partition coefficient (Wildman–Crippen LogP) is 1.57. The van der Waals surface area contributed by atoms with Gasteiger partial charge in [0.1, 0.15) is 19.1 Å². The second kappa shape index (κ2) is 6.33. The summed E-state index contributed by atoms with van der Waals surface area (Å²) in [6.45, 7) is 0. The Kier molecular flexibility index (Phi) is 4.28. The molecule has 0 radical (unpaired) electrons. The molecule has 6 nitrogen and oxygen atoms in total. The number of rotatable bonds is 5. The number of aromatic amines is 1. The maximum absolute atomic E-state index is 12.1. The number of hydrogen-bond donors (Lipinski definition) is 2. The van der Waals surface area contributed by atoms with Crippen molar-refractivity contribution in [1.29, 1.82) is 0 Å². The summed E-state index contributed by atoms with van der Waals surface area (Å²) in [5.74, 6) is -0.552. The third kappa shape index (κ3) is 3.11. The van der Waals surface area contributed by atoms with Crippen LogP contribution in [0.15, 0.2) is 47.8 Å². The number of amides is 1. The van der Waals surface area contributed by atoms with E-state index in [1.54, 1.807) is 24.3 Å². The molecule has 1 amide bonds. The summed E-state index contributed by atoms with van der Waals surface area (Å²) >= 11 is 0. The Bertz CT molecular complexity index is 632. The van der Waals surface area contributed by atoms with Gasteiger partial charge in [-0.05, 0) is 6.07 Å². The number of hydrogen-bond acceptors (Lipinski definition) is 4. The van der Waals surface area contributed by atoms with Gasteiger partial charge in [0.25, 0.3) is 5.91 Å². The van der Waals surface area contributed by atoms with Crippen LogP contribution in [-0.4, -0.2) is 30.1 Å². The van der Waals surface area contributed by atoms with Crippen molar-refractivity contribution in [2.45, 2.75) is 0 Å². The average Bonchev–Trinajstić information content (AvgIpc) is 2.97. The Morgan fingerprint density at radius 2 is 2.00 bits per heavy atom. The second-order valence-electron chi connectivity index (χ2n) is 3.89. The van der Waals surface area contributed by atoms with Crippen LogP contribution in [-0.2, 0) is 4.84 Å². The van der Waals surface area contributed by atoms with E-state index in [-0.39, 0.29) is 11.5 Å². The number of oxime groups is 1. The molecule has 0 fully saturated rings. The summed E-state index contributed by atoms with van der Waals surface area (Å²) in [5, 5.41) is 5.78. The van der Waals surface area contributed by atoms with Crippen LogP contribution >= 0.6 is 0 Å². The van der Waals surface area contributed by atoms with E-state index in [0.717, 1.165) is 6.34 Å². The van der Waals surface area contributed by atoms with Crippen molar-refractivity contribution in [2.24, 2.45) is 5.16 Å². The van der Waals surface area contributed by atoms with E-state index in [0.29, 0.717) is 11.1 Å². The molecule has 0 saturated heterocycles. The number of nitrogens with one attached hydrogen (secondary N) is 2. The largest absolute Gasteiger partial charge is 0.398 e. The van der Waals surface area contributed by atoms with Gasteiger partial charge in [0.2, 0.25) is 0 Å². The smallest absolute Gasteiger partial charge is 0.272 e. The normalized spacial score (nSPS) is 10.4. The van der Waals surface area contributed by atoms with E-state index in [4.69, 9.17) is 0 Å². The maximum Gasteiger partial charge on any atom is 0.272 e. The zero-order valence-electron chi connectivity index (χ0n) is 10.8. The lowest BCUT2D eigenvalue weighted by Gasteiger charge is -1.97. The monoisotopic (exact) mass is 271 g/mol. The Morgan fingerprint density at radius 1 is 1.25 bits per heavy atom. The fraction of sp³-hybridized carbons (Fsp3) is 0.0714. The standard InChI is InChI=1S/C14H13N3O3/c1-20-17-9-16-14(19)12-7-11(8-15-12)13(18)10-5-3-2-4-6-10/h2-9,15H,1H3,(H,16,17,19). The predicted molar refractivity (Wildman–Crippen MR) is 73.6 cm³/mol. The first-order valence-electron chi connectivity index (χ1n) is 5.86. The van der Waals surface area contributed by atoms with Crippen LogP contribution in [0.25, 0.3) is 0 Å². The molecule has 6 heteroatoms. The average molecular weight is 271 g/mol. The van der Waals surface area contributed by atoms with Crippen molar-refractivity contribution in [3.63, 3.8) is 0 Å². The molecule has 0 aliphatic heterocycles. The van der Waals surface area contributed by atoms with Gasteiger partial charge in [-0.25, -0.2) is 0 Å². The molecule has 20 heavy (non-hydrogen) atoms. The van der Waals surface area contributed by atoms with E-state index in [9.17, 15) is 9.59 Å². The highest BCUT2D eigenvalue weighted by Gasteiger charge is 2.13. The highest BCUT2D eigenvalue weighted by molar-refractivity contribution is 6.10. The molecule has 0 unspecified atom stereocenters. The van der Waals surface area contributed by atoms with Crippen LogP contribution in [0.3, 0.4) is 0 Å². The first kappa shape index (κ1) is 13.5. The first-order chi connectivity index (χ1) is 9.72. The van der Waals surface area contributed by atoms with Crippen molar-refractivity contribution in [3.05, 3.63) is 59.4 Å². The fourth-order valence-corrected chi connectivity index (χ4v) is 1.63. The molecule has 1 heterocycles. The minimum atomic E-state index is -0.405. The van der Waals surface area contributed by atoms with Crippen molar-refractivity contribution >= 4 is 18.0 Å². The quantitative estimate of drug-likeness (QED) is 0.374. The van der Waals surface area contributed by atoms with Crippen LogP contribution in [0.5, 0.6) is 0 Å². The van der Waals surface area contributed by atoms with Gasteiger partial charge < -0.3 is 15.1 Å². The maximum atomic E-state index is 12.1. The lowest BCUT2D eigenvalue weighted by Crippen LogP contribution is -2.21. The van der Waals surface area contributed by atoms with Crippen molar-refractivity contribution in [3.8, 4) is 0 Å². The number of benzene rings is 1. The molecule has 2 rings (SSSR count). The molecule has 0 bridgehead atoms. The van der Waals surface area contributed by atoms with Crippen molar-refractivity contribution in [2.75, 3.05) is 7.11 Å². The first-order valence-corrected chi connectivity index (χ1v) is 5.86. The third-order valence-corrected chi connectivity index (χ3v) is 2.58. The van der Waals surface area contributed by atoms with Gasteiger partial charge in [0, 0.05) is 17.3 Å². The van der Waals surface area contributed by atoms with E-state index in [1.165, 1.54) is 19.4 Å². The molecule has 0 spiro atoms. The Labute approximate surface area is 115 Å². The van der Waals surface area contributed by atoms with Crippen LogP contribution in [0.4, 0.5) is 0 Å². The molecule has 0 atom stereocenters. The molecule has 1 aromatic heterocycles. The van der Waals surface area contributed by atoms with Crippen molar-refractivity contribution < 1.29 is 14.4 Å². The van der Waals surface area contributed by atoms with E-state index in [1.807, 2.05) is 6.07 Å². The van der Waals surface area contributed by atoms with Crippen LogP contribution < -0.4 is 5.32 Å². The highest BCUT2D eigenvalue weighted by atomic mass is 16.6. The summed E-state index contributed by atoms with van der Waals surface area (Å²) < 4.78 is 0. The summed E-state index contributed by atoms with van der Waals surface area (Å²) in [5.41, 5.74) is 1.26. The van der Waals surface area contributed by atoms with E-state index in [2.05, 4.69) is 20.3 Å². The second-order valence-corrected chi connectivity index (χ2v) is 3.89. The molecular weight excluding hydrogens is 258 g/mol. The molecule has 1 aromatic carbocycles. The number of nitrogens with zero attached hydrogens (tertiary/aromatic N) is 1. The lowest BCUT2D eigenvalue weighted by atomic mass is 10.1. The number of ketones is 1. The van der Waals surface area contributed by atoms with Gasteiger partial charge in [0.05, 0.1) is 0 Å². The zero-order valence-corrected chi connectivity index (χ0v) is 10.8. The third-order valence-electron chi connectivity index (χ3n) is 2.58. The Morgan fingerprint density at radius 3 is 2.70 bits per heavy atom. The number of carbonyl (C=O) groups excluding carboxylic acids is 2. The number of aromatic nitrogens is 1. The lowest BCUT2D eigenvalue weighted by molar-refractivity contribution is 0.0972. The van der Waals surface area contributed by atoms with Crippen LogP contribution in [0.1, 0.15) is 26.4 Å². The number of H-pyrrole nitrogens is 1. The molecular formula is C14H13N3O3.